The van der Waals surface area contributed by atoms with Crippen molar-refractivity contribution in [2.75, 3.05) is 0 Å². The molecule has 90 valence electrons. The van der Waals surface area contributed by atoms with Gasteiger partial charge in [-0.3, -0.25) is 0 Å². The molecule has 1 aliphatic rings. The first-order valence-electron chi connectivity index (χ1n) is 6.55. The van der Waals surface area contributed by atoms with Crippen molar-refractivity contribution in [3.8, 4) is 0 Å². The van der Waals surface area contributed by atoms with Crippen LogP contribution in [0.3, 0.4) is 0 Å². The van der Waals surface area contributed by atoms with E-state index in [-0.39, 0.29) is 5.54 Å². The maximum Gasteiger partial charge on any atom is 0.0423 e. The van der Waals surface area contributed by atoms with Gasteiger partial charge in [-0.05, 0) is 35.2 Å². The number of benzene rings is 1. The number of fused-ring (bicyclic) bond motifs is 1. The highest BCUT2D eigenvalue weighted by molar-refractivity contribution is 7.17. The Morgan fingerprint density at radius 1 is 1.00 bits per heavy atom. The lowest BCUT2D eigenvalue weighted by Gasteiger charge is -2.29. The lowest BCUT2D eigenvalue weighted by Crippen LogP contribution is -2.36. The molecule has 1 aliphatic carbocycles. The van der Waals surface area contributed by atoms with Crippen molar-refractivity contribution >= 4 is 21.4 Å². The molecule has 1 saturated carbocycles. The van der Waals surface area contributed by atoms with Crippen LogP contribution in [0.5, 0.6) is 0 Å². The first-order chi connectivity index (χ1) is 8.30. The molecule has 2 aromatic rings. The Morgan fingerprint density at radius 2 is 1.76 bits per heavy atom. The van der Waals surface area contributed by atoms with Crippen molar-refractivity contribution < 1.29 is 0 Å². The molecule has 0 radical (unpaired) electrons. The second-order valence-electron chi connectivity index (χ2n) is 5.21. The minimum absolute atomic E-state index is 0.0825. The fourth-order valence-electron chi connectivity index (χ4n) is 3.01. The molecule has 2 N–H and O–H groups in total. The van der Waals surface area contributed by atoms with E-state index in [4.69, 9.17) is 5.73 Å². The van der Waals surface area contributed by atoms with Gasteiger partial charge in [-0.25, -0.2) is 0 Å². The van der Waals surface area contributed by atoms with Crippen molar-refractivity contribution in [2.24, 2.45) is 5.73 Å². The standard InChI is InChI=1S/C15H19NS/c16-15(9-3-1-2-4-10-15)13-7-5-6-12-8-11-17-14(12)13/h5-8,11H,1-4,9-10,16H2. The van der Waals surface area contributed by atoms with Crippen LogP contribution in [0.1, 0.15) is 44.1 Å². The van der Waals surface area contributed by atoms with Gasteiger partial charge in [0.1, 0.15) is 0 Å². The molecule has 3 rings (SSSR count). The van der Waals surface area contributed by atoms with E-state index in [9.17, 15) is 0 Å². The number of nitrogens with two attached hydrogens (primary N) is 1. The van der Waals surface area contributed by atoms with Crippen molar-refractivity contribution in [1.82, 2.24) is 0 Å². The fourth-order valence-corrected chi connectivity index (χ4v) is 4.04. The average Bonchev–Trinajstić information content (AvgIpc) is 2.71. The summed E-state index contributed by atoms with van der Waals surface area (Å²) in [5.74, 6) is 0. The van der Waals surface area contributed by atoms with Crippen LogP contribution < -0.4 is 5.73 Å². The maximum absolute atomic E-state index is 6.71. The summed E-state index contributed by atoms with van der Waals surface area (Å²) < 4.78 is 1.40. The SMILES string of the molecule is NC1(c2cccc3ccsc23)CCCCCC1. The third-order valence-corrected chi connectivity index (χ3v) is 4.97. The second kappa shape index (κ2) is 4.43. The lowest BCUT2D eigenvalue weighted by molar-refractivity contribution is 0.389. The van der Waals surface area contributed by atoms with E-state index in [1.807, 2.05) is 11.3 Å². The summed E-state index contributed by atoms with van der Waals surface area (Å²) in [7, 11) is 0. The van der Waals surface area contributed by atoms with E-state index in [1.54, 1.807) is 0 Å². The second-order valence-corrected chi connectivity index (χ2v) is 6.13. The van der Waals surface area contributed by atoms with Crippen LogP contribution in [-0.2, 0) is 5.54 Å². The minimum atomic E-state index is -0.0825. The molecular weight excluding hydrogens is 226 g/mol. The monoisotopic (exact) mass is 245 g/mol. The van der Waals surface area contributed by atoms with Crippen molar-refractivity contribution in [2.45, 2.75) is 44.1 Å². The Labute approximate surface area is 107 Å². The van der Waals surface area contributed by atoms with E-state index in [0.717, 1.165) is 12.8 Å². The fraction of sp³-hybridized carbons (Fsp3) is 0.467. The van der Waals surface area contributed by atoms with Crippen LogP contribution in [0.25, 0.3) is 10.1 Å². The Kier molecular flexibility index (Phi) is 2.93. The van der Waals surface area contributed by atoms with Gasteiger partial charge in [0.2, 0.25) is 0 Å². The molecule has 1 fully saturated rings. The van der Waals surface area contributed by atoms with E-state index in [2.05, 4.69) is 29.6 Å². The van der Waals surface area contributed by atoms with Crippen LogP contribution in [0.2, 0.25) is 0 Å². The predicted molar refractivity (Wildman–Crippen MR) is 75.4 cm³/mol. The molecule has 0 atom stereocenters. The van der Waals surface area contributed by atoms with E-state index < -0.39 is 0 Å². The average molecular weight is 245 g/mol. The molecule has 1 aromatic heterocycles. The quantitative estimate of drug-likeness (QED) is 0.740. The first kappa shape index (κ1) is 11.2. The van der Waals surface area contributed by atoms with E-state index in [0.29, 0.717) is 0 Å². The topological polar surface area (TPSA) is 26.0 Å². The van der Waals surface area contributed by atoms with Gasteiger partial charge < -0.3 is 5.73 Å². The predicted octanol–water partition coefficient (Wildman–Crippen LogP) is 4.41. The largest absolute Gasteiger partial charge is 0.321 e. The molecule has 0 aliphatic heterocycles. The van der Waals surface area contributed by atoms with Gasteiger partial charge in [-0.2, -0.15) is 0 Å². The maximum atomic E-state index is 6.71. The number of thiophene rings is 1. The highest BCUT2D eigenvalue weighted by Gasteiger charge is 2.29. The van der Waals surface area contributed by atoms with E-state index in [1.165, 1.54) is 41.3 Å². The molecule has 0 bridgehead atoms. The number of hydrogen-bond donors (Lipinski definition) is 1. The zero-order chi connectivity index (χ0) is 11.7. The number of hydrogen-bond acceptors (Lipinski definition) is 2. The highest BCUT2D eigenvalue weighted by Crippen LogP contribution is 2.38. The van der Waals surface area contributed by atoms with Gasteiger partial charge >= 0.3 is 0 Å². The Balaban J connectivity index is 2.09. The minimum Gasteiger partial charge on any atom is -0.321 e. The summed E-state index contributed by atoms with van der Waals surface area (Å²) in [6.07, 6.45) is 7.53. The van der Waals surface area contributed by atoms with Gasteiger partial charge in [0, 0.05) is 10.2 Å². The van der Waals surface area contributed by atoms with Crippen molar-refractivity contribution in [3.05, 3.63) is 35.2 Å². The summed E-state index contributed by atoms with van der Waals surface area (Å²) in [6, 6.07) is 8.78. The Hall–Kier alpha value is -0.860. The summed E-state index contributed by atoms with van der Waals surface area (Å²) in [6.45, 7) is 0. The van der Waals surface area contributed by atoms with Crippen LogP contribution in [0.4, 0.5) is 0 Å². The molecule has 0 saturated heterocycles. The molecule has 0 spiro atoms. The van der Waals surface area contributed by atoms with Gasteiger partial charge in [-0.1, -0.05) is 43.9 Å². The van der Waals surface area contributed by atoms with Gasteiger partial charge in [0.05, 0.1) is 0 Å². The Morgan fingerprint density at radius 3 is 2.53 bits per heavy atom. The normalized spacial score (nSPS) is 20.3. The summed E-state index contributed by atoms with van der Waals surface area (Å²) in [4.78, 5) is 0. The number of rotatable bonds is 1. The molecule has 0 unspecified atom stereocenters. The van der Waals surface area contributed by atoms with Gasteiger partial charge in [0.15, 0.2) is 0 Å². The van der Waals surface area contributed by atoms with Crippen molar-refractivity contribution in [1.29, 1.82) is 0 Å². The molecular formula is C15H19NS. The zero-order valence-corrected chi connectivity index (χ0v) is 10.9. The van der Waals surface area contributed by atoms with Crippen LogP contribution in [0.15, 0.2) is 29.6 Å². The third-order valence-electron chi connectivity index (χ3n) is 4.01. The lowest BCUT2D eigenvalue weighted by atomic mass is 9.83. The molecule has 1 nitrogen and oxygen atoms in total. The van der Waals surface area contributed by atoms with Crippen LogP contribution in [0, 0.1) is 0 Å². The molecule has 1 aromatic carbocycles. The smallest absolute Gasteiger partial charge is 0.0423 e. The summed E-state index contributed by atoms with van der Waals surface area (Å²) in [5, 5.41) is 3.52. The highest BCUT2D eigenvalue weighted by atomic mass is 32.1. The van der Waals surface area contributed by atoms with Gasteiger partial charge in [-0.15, -0.1) is 11.3 Å². The summed E-state index contributed by atoms with van der Waals surface area (Å²) >= 11 is 1.83. The molecule has 1 heterocycles. The first-order valence-corrected chi connectivity index (χ1v) is 7.43. The van der Waals surface area contributed by atoms with Crippen LogP contribution in [-0.4, -0.2) is 0 Å². The van der Waals surface area contributed by atoms with Crippen LogP contribution >= 0.6 is 11.3 Å². The van der Waals surface area contributed by atoms with E-state index >= 15 is 0 Å². The third kappa shape index (κ3) is 2.00. The van der Waals surface area contributed by atoms with Gasteiger partial charge in [0.25, 0.3) is 0 Å². The zero-order valence-electron chi connectivity index (χ0n) is 10.1. The Bertz CT molecular complexity index is 506. The summed E-state index contributed by atoms with van der Waals surface area (Å²) in [5.41, 5.74) is 8.01. The molecule has 17 heavy (non-hydrogen) atoms. The molecule has 2 heteroatoms. The van der Waals surface area contributed by atoms with Crippen molar-refractivity contribution in [3.63, 3.8) is 0 Å². The molecule has 0 amide bonds.